The lowest BCUT2D eigenvalue weighted by atomic mass is 9.83. The van der Waals surface area contributed by atoms with Crippen LogP contribution in [0.2, 0.25) is 0 Å². The number of pyridine rings is 1. The smallest absolute Gasteiger partial charge is 0.263 e. The fraction of sp³-hybridized carbons (Fsp3) is 0. The highest BCUT2D eigenvalue weighted by Crippen LogP contribution is 2.46. The number of rotatable bonds is 5. The van der Waals surface area contributed by atoms with Gasteiger partial charge in [0.1, 0.15) is 0 Å². The average molecular weight is 776 g/mol. The largest absolute Gasteiger partial charge is 0.276 e. The minimum atomic E-state index is -0.0218. The Morgan fingerprint density at radius 1 is 0.262 bits per heavy atom. The topological polar surface area (TPSA) is 22.0 Å². The maximum atomic E-state index is 14.3. The number of para-hydroxylation sites is 1. The second-order valence-corrected chi connectivity index (χ2v) is 16.0. The molecule has 0 atom stereocenters. The van der Waals surface area contributed by atoms with Gasteiger partial charge in [0.05, 0.1) is 5.52 Å². The third kappa shape index (κ3) is 5.76. The second-order valence-electron chi connectivity index (χ2n) is 16.0. The van der Waals surface area contributed by atoms with Crippen LogP contribution in [-0.2, 0) is 0 Å². The average Bonchev–Trinajstić information content (AvgIpc) is 3.33. The predicted molar refractivity (Wildman–Crippen MR) is 259 cm³/mol. The zero-order chi connectivity index (χ0) is 40.4. The second kappa shape index (κ2) is 14.0. The highest BCUT2D eigenvalue weighted by atomic mass is 16.1. The summed E-state index contributed by atoms with van der Waals surface area (Å²) in [6, 6.07) is 80.1. The van der Waals surface area contributed by atoms with Gasteiger partial charge in [0, 0.05) is 16.5 Å². The molecule has 0 fully saturated rings. The molecule has 1 aromatic heterocycles. The third-order valence-electron chi connectivity index (χ3n) is 12.6. The van der Waals surface area contributed by atoms with E-state index in [-0.39, 0.29) is 5.56 Å². The van der Waals surface area contributed by atoms with E-state index in [1.54, 1.807) is 0 Å². The molecule has 0 spiro atoms. The Balaban J connectivity index is 1.13. The maximum absolute atomic E-state index is 14.3. The maximum Gasteiger partial charge on any atom is 0.263 e. The van der Waals surface area contributed by atoms with E-state index in [9.17, 15) is 4.79 Å². The van der Waals surface area contributed by atoms with Gasteiger partial charge < -0.3 is 0 Å². The lowest BCUT2D eigenvalue weighted by Gasteiger charge is -2.20. The SMILES string of the molecule is O=c1c2ccccc2c2ccccc2n1-c1ccc(-c2c3ccc(-c4ccc5ccccc5c4)cc3c(-c3ccccc3)c3ccc(-c4ccc5ccccc5c4)cc23)cc1. The quantitative estimate of drug-likeness (QED) is 0.126. The van der Waals surface area contributed by atoms with Crippen molar-refractivity contribution >= 4 is 64.8 Å². The number of aromatic nitrogens is 1. The van der Waals surface area contributed by atoms with E-state index in [0.29, 0.717) is 5.39 Å². The summed E-state index contributed by atoms with van der Waals surface area (Å²) < 4.78 is 1.86. The molecule has 0 saturated heterocycles. The van der Waals surface area contributed by atoms with Crippen LogP contribution in [0.5, 0.6) is 0 Å². The Hall–Kier alpha value is -8.07. The molecule has 0 bridgehead atoms. The molecule has 0 N–H and O–H groups in total. The molecule has 0 aliphatic carbocycles. The number of nitrogens with zero attached hydrogens (tertiary/aromatic N) is 1. The molecule has 0 saturated carbocycles. The van der Waals surface area contributed by atoms with Crippen LogP contribution in [0.25, 0.3) is 115 Å². The number of benzene rings is 11. The molecule has 2 heteroatoms. The minimum absolute atomic E-state index is 0.0218. The summed E-state index contributed by atoms with van der Waals surface area (Å²) in [5, 5.41) is 12.4. The van der Waals surface area contributed by atoms with Crippen molar-refractivity contribution in [2.45, 2.75) is 0 Å². The number of fused-ring (bicyclic) bond motifs is 7. The molecule has 12 rings (SSSR count). The zero-order valence-corrected chi connectivity index (χ0v) is 33.2. The molecule has 2 nitrogen and oxygen atoms in total. The summed E-state index contributed by atoms with van der Waals surface area (Å²) in [6.45, 7) is 0. The highest BCUT2D eigenvalue weighted by Gasteiger charge is 2.20. The van der Waals surface area contributed by atoms with Crippen molar-refractivity contribution in [1.29, 1.82) is 0 Å². The standard InChI is InChI=1S/C59H37NO/c61-59-53-20-9-8-18-49(53)50-19-10-11-21-56(50)60(59)48-30-26-41(27-31-48)58-52-33-29-46(44-24-22-38-12-4-6-16-42(38)34-44)36-54(52)57(40-14-2-1-3-15-40)51-32-28-47(37-55(51)58)45-25-23-39-13-5-7-17-43(39)35-45/h1-37H. The molecule has 0 radical (unpaired) electrons. The molecule has 0 amide bonds. The Morgan fingerprint density at radius 2 is 0.689 bits per heavy atom. The third-order valence-corrected chi connectivity index (χ3v) is 12.6. The van der Waals surface area contributed by atoms with Crippen molar-refractivity contribution in [3.63, 3.8) is 0 Å². The van der Waals surface area contributed by atoms with Crippen molar-refractivity contribution in [2.24, 2.45) is 0 Å². The molecule has 0 unspecified atom stereocenters. The van der Waals surface area contributed by atoms with Gasteiger partial charge in [0.2, 0.25) is 0 Å². The van der Waals surface area contributed by atoms with Gasteiger partial charge in [-0.25, -0.2) is 0 Å². The van der Waals surface area contributed by atoms with Crippen molar-refractivity contribution in [3.8, 4) is 50.2 Å². The normalized spacial score (nSPS) is 11.7. The van der Waals surface area contributed by atoms with Crippen molar-refractivity contribution in [1.82, 2.24) is 4.57 Å². The van der Waals surface area contributed by atoms with Crippen LogP contribution in [0.1, 0.15) is 0 Å². The van der Waals surface area contributed by atoms with E-state index in [1.165, 1.54) is 76.5 Å². The fourth-order valence-corrected chi connectivity index (χ4v) is 9.62. The van der Waals surface area contributed by atoms with Crippen LogP contribution >= 0.6 is 0 Å². The van der Waals surface area contributed by atoms with Crippen LogP contribution in [0.15, 0.2) is 229 Å². The number of hydrogen-bond donors (Lipinski definition) is 0. The predicted octanol–water partition coefficient (Wildman–Crippen LogP) is 15.4. The summed E-state index contributed by atoms with van der Waals surface area (Å²) in [5.74, 6) is 0. The lowest BCUT2D eigenvalue weighted by Crippen LogP contribution is -2.19. The molecule has 0 aliphatic heterocycles. The molecule has 61 heavy (non-hydrogen) atoms. The van der Waals surface area contributed by atoms with Gasteiger partial charge in [-0.1, -0.05) is 176 Å². The van der Waals surface area contributed by atoms with E-state index in [4.69, 9.17) is 0 Å². The van der Waals surface area contributed by atoms with Crippen LogP contribution in [0, 0.1) is 0 Å². The van der Waals surface area contributed by atoms with Crippen LogP contribution in [-0.4, -0.2) is 4.57 Å². The van der Waals surface area contributed by atoms with Crippen LogP contribution < -0.4 is 5.56 Å². The van der Waals surface area contributed by atoms with Crippen LogP contribution in [0.3, 0.4) is 0 Å². The molecule has 284 valence electrons. The van der Waals surface area contributed by atoms with Gasteiger partial charge in [-0.3, -0.25) is 9.36 Å². The molecular weight excluding hydrogens is 739 g/mol. The number of hydrogen-bond acceptors (Lipinski definition) is 1. The van der Waals surface area contributed by atoms with E-state index < -0.39 is 0 Å². The van der Waals surface area contributed by atoms with Gasteiger partial charge in [-0.15, -0.1) is 0 Å². The Morgan fingerprint density at radius 3 is 1.28 bits per heavy atom. The van der Waals surface area contributed by atoms with E-state index in [1.807, 2.05) is 47.0 Å². The van der Waals surface area contributed by atoms with E-state index in [2.05, 4.69) is 182 Å². The first-order valence-corrected chi connectivity index (χ1v) is 20.9. The Labute approximate surface area is 352 Å². The summed E-state index contributed by atoms with van der Waals surface area (Å²) in [6.07, 6.45) is 0. The molecule has 11 aromatic carbocycles. The van der Waals surface area contributed by atoms with Crippen molar-refractivity contribution in [2.75, 3.05) is 0 Å². The van der Waals surface area contributed by atoms with Crippen molar-refractivity contribution in [3.05, 3.63) is 235 Å². The summed E-state index contributed by atoms with van der Waals surface area (Å²) in [4.78, 5) is 14.3. The van der Waals surface area contributed by atoms with Gasteiger partial charge in [0.25, 0.3) is 5.56 Å². The van der Waals surface area contributed by atoms with Crippen molar-refractivity contribution < 1.29 is 0 Å². The highest BCUT2D eigenvalue weighted by molar-refractivity contribution is 6.22. The molecule has 1 heterocycles. The minimum Gasteiger partial charge on any atom is -0.276 e. The van der Waals surface area contributed by atoms with Crippen LogP contribution in [0.4, 0.5) is 0 Å². The van der Waals surface area contributed by atoms with Gasteiger partial charge >= 0.3 is 0 Å². The lowest BCUT2D eigenvalue weighted by molar-refractivity contribution is 1.06. The first-order chi connectivity index (χ1) is 30.2. The molecule has 12 aromatic rings. The zero-order valence-electron chi connectivity index (χ0n) is 33.2. The first kappa shape index (κ1) is 34.9. The Kier molecular flexibility index (Phi) is 8.04. The van der Waals surface area contributed by atoms with Gasteiger partial charge in [-0.2, -0.15) is 0 Å². The Bertz CT molecular complexity index is 3770. The van der Waals surface area contributed by atoms with E-state index in [0.717, 1.165) is 33.1 Å². The summed E-state index contributed by atoms with van der Waals surface area (Å²) >= 11 is 0. The van der Waals surface area contributed by atoms with Gasteiger partial charge in [0.15, 0.2) is 0 Å². The molecular formula is C59H37NO. The van der Waals surface area contributed by atoms with E-state index >= 15 is 0 Å². The molecule has 0 aliphatic rings. The summed E-state index contributed by atoms with van der Waals surface area (Å²) in [5.41, 5.74) is 11.1. The monoisotopic (exact) mass is 775 g/mol. The first-order valence-electron chi connectivity index (χ1n) is 20.9. The fourth-order valence-electron chi connectivity index (χ4n) is 9.62. The van der Waals surface area contributed by atoms with Gasteiger partial charge in [-0.05, 0) is 142 Å². The summed E-state index contributed by atoms with van der Waals surface area (Å²) in [7, 11) is 0.